The summed E-state index contributed by atoms with van der Waals surface area (Å²) in [4.78, 5) is 14.2. The van der Waals surface area contributed by atoms with Crippen molar-refractivity contribution < 1.29 is 14.3 Å². The number of aromatic nitrogens is 1. The molecule has 14 heavy (non-hydrogen) atoms. The maximum Gasteiger partial charge on any atom is 0.307 e. The molecule has 74 valence electrons. The van der Waals surface area contributed by atoms with E-state index in [0.29, 0.717) is 12.0 Å². The number of nitrogens with zero attached hydrogens (tertiary/aromatic N) is 1. The SMILES string of the molecule is O=C(O)C1CC1c1cc(F)cnc1Cl. The van der Waals surface area contributed by atoms with Crippen LogP contribution < -0.4 is 0 Å². The first-order valence-electron chi connectivity index (χ1n) is 4.13. The van der Waals surface area contributed by atoms with Crippen LogP contribution in [0, 0.1) is 11.7 Å². The normalized spacial score (nSPS) is 24.7. The smallest absolute Gasteiger partial charge is 0.307 e. The van der Waals surface area contributed by atoms with Gasteiger partial charge in [0.05, 0.1) is 12.1 Å². The standard InChI is InChI=1S/C9H7ClFNO2/c10-8-6(1-4(11)3-12-8)5-2-7(5)9(13)14/h1,3,5,7H,2H2,(H,13,14). The molecule has 0 saturated heterocycles. The lowest BCUT2D eigenvalue weighted by Gasteiger charge is -2.00. The van der Waals surface area contributed by atoms with Crippen molar-refractivity contribution in [2.24, 2.45) is 5.92 Å². The molecule has 0 aromatic carbocycles. The molecule has 3 nitrogen and oxygen atoms in total. The second-order valence-electron chi connectivity index (χ2n) is 3.32. The molecule has 1 saturated carbocycles. The van der Waals surface area contributed by atoms with E-state index in [1.807, 2.05) is 0 Å². The van der Waals surface area contributed by atoms with Crippen LogP contribution in [0.1, 0.15) is 17.9 Å². The summed E-state index contributed by atoms with van der Waals surface area (Å²) in [5, 5.41) is 8.88. The molecule has 0 bridgehead atoms. The van der Waals surface area contributed by atoms with Crippen LogP contribution in [-0.4, -0.2) is 16.1 Å². The average Bonchev–Trinajstić information content (AvgIpc) is 2.88. The van der Waals surface area contributed by atoms with Crippen LogP contribution in [0.4, 0.5) is 4.39 Å². The number of carboxylic acids is 1. The molecular formula is C9H7ClFNO2. The summed E-state index contributed by atoms with van der Waals surface area (Å²) in [5.41, 5.74) is 0.499. The minimum absolute atomic E-state index is 0.178. The van der Waals surface area contributed by atoms with E-state index in [0.717, 1.165) is 6.20 Å². The fraction of sp³-hybridized carbons (Fsp3) is 0.333. The first kappa shape index (κ1) is 9.40. The Kier molecular flexibility index (Phi) is 2.15. The monoisotopic (exact) mass is 215 g/mol. The first-order valence-corrected chi connectivity index (χ1v) is 4.51. The molecule has 1 heterocycles. The van der Waals surface area contributed by atoms with Gasteiger partial charge in [-0.15, -0.1) is 0 Å². The van der Waals surface area contributed by atoms with Gasteiger partial charge in [-0.25, -0.2) is 9.37 Å². The highest BCUT2D eigenvalue weighted by Gasteiger charge is 2.45. The molecule has 5 heteroatoms. The van der Waals surface area contributed by atoms with Crippen LogP contribution in [0.15, 0.2) is 12.3 Å². The lowest BCUT2D eigenvalue weighted by Crippen LogP contribution is -2.00. The van der Waals surface area contributed by atoms with Crippen molar-refractivity contribution in [3.8, 4) is 0 Å². The lowest BCUT2D eigenvalue weighted by atomic mass is 10.1. The van der Waals surface area contributed by atoms with E-state index in [2.05, 4.69) is 4.98 Å². The summed E-state index contributed by atoms with van der Waals surface area (Å²) in [5.74, 6) is -1.96. The van der Waals surface area contributed by atoms with Gasteiger partial charge in [-0.1, -0.05) is 11.6 Å². The van der Waals surface area contributed by atoms with E-state index in [4.69, 9.17) is 16.7 Å². The van der Waals surface area contributed by atoms with E-state index in [1.54, 1.807) is 0 Å². The van der Waals surface area contributed by atoms with E-state index in [1.165, 1.54) is 6.07 Å². The van der Waals surface area contributed by atoms with Crippen LogP contribution in [-0.2, 0) is 4.79 Å². The quantitative estimate of drug-likeness (QED) is 0.769. The predicted octanol–water partition coefficient (Wildman–Crippen LogP) is 2.06. The maximum absolute atomic E-state index is 12.8. The second-order valence-corrected chi connectivity index (χ2v) is 3.68. The van der Waals surface area contributed by atoms with Crippen LogP contribution >= 0.6 is 11.6 Å². The fourth-order valence-electron chi connectivity index (χ4n) is 1.51. The Morgan fingerprint density at radius 1 is 1.71 bits per heavy atom. The Balaban J connectivity index is 2.26. The highest BCUT2D eigenvalue weighted by atomic mass is 35.5. The van der Waals surface area contributed by atoms with Crippen LogP contribution in [0.3, 0.4) is 0 Å². The van der Waals surface area contributed by atoms with Crippen molar-refractivity contribution in [2.75, 3.05) is 0 Å². The summed E-state index contributed by atoms with van der Waals surface area (Å²) in [6, 6.07) is 1.25. The lowest BCUT2D eigenvalue weighted by molar-refractivity contribution is -0.138. The van der Waals surface area contributed by atoms with Crippen molar-refractivity contribution in [2.45, 2.75) is 12.3 Å². The van der Waals surface area contributed by atoms with Gasteiger partial charge in [-0.05, 0) is 18.1 Å². The van der Waals surface area contributed by atoms with Gasteiger partial charge >= 0.3 is 5.97 Å². The molecule has 0 amide bonds. The van der Waals surface area contributed by atoms with E-state index < -0.39 is 17.7 Å². The van der Waals surface area contributed by atoms with E-state index >= 15 is 0 Å². The number of rotatable bonds is 2. The highest BCUT2D eigenvalue weighted by molar-refractivity contribution is 6.30. The Labute approximate surface area is 84.5 Å². The predicted molar refractivity (Wildman–Crippen MR) is 47.7 cm³/mol. The molecule has 1 aliphatic rings. The van der Waals surface area contributed by atoms with Gasteiger partial charge in [-0.3, -0.25) is 4.79 Å². The van der Waals surface area contributed by atoms with Crippen LogP contribution in [0.5, 0.6) is 0 Å². The third-order valence-corrected chi connectivity index (χ3v) is 2.66. The van der Waals surface area contributed by atoms with Crippen molar-refractivity contribution >= 4 is 17.6 Å². The Morgan fingerprint density at radius 3 is 3.00 bits per heavy atom. The minimum atomic E-state index is -0.865. The summed E-state index contributed by atoms with van der Waals surface area (Å²) in [6.45, 7) is 0. The van der Waals surface area contributed by atoms with Crippen molar-refractivity contribution in [3.05, 3.63) is 28.8 Å². The van der Waals surface area contributed by atoms with Crippen molar-refractivity contribution in [3.63, 3.8) is 0 Å². The molecule has 0 spiro atoms. The topological polar surface area (TPSA) is 50.2 Å². The molecule has 1 aromatic rings. The molecule has 1 fully saturated rings. The Hall–Kier alpha value is -1.16. The number of carbonyl (C=O) groups is 1. The summed E-state index contributed by atoms with van der Waals surface area (Å²) in [6.07, 6.45) is 1.53. The zero-order valence-corrected chi connectivity index (χ0v) is 7.83. The van der Waals surface area contributed by atoms with Crippen molar-refractivity contribution in [1.29, 1.82) is 0 Å². The average molecular weight is 216 g/mol. The zero-order valence-electron chi connectivity index (χ0n) is 7.08. The Morgan fingerprint density at radius 2 is 2.43 bits per heavy atom. The molecule has 2 atom stereocenters. The van der Waals surface area contributed by atoms with E-state index in [-0.39, 0.29) is 11.1 Å². The molecule has 0 radical (unpaired) electrons. The summed E-state index contributed by atoms with van der Waals surface area (Å²) >= 11 is 5.73. The second kappa shape index (κ2) is 3.20. The number of hydrogen-bond donors (Lipinski definition) is 1. The number of halogens is 2. The van der Waals surface area contributed by atoms with E-state index in [9.17, 15) is 9.18 Å². The van der Waals surface area contributed by atoms with Crippen molar-refractivity contribution in [1.82, 2.24) is 4.98 Å². The molecule has 1 aromatic heterocycles. The maximum atomic E-state index is 12.8. The molecule has 2 rings (SSSR count). The zero-order chi connectivity index (χ0) is 10.3. The minimum Gasteiger partial charge on any atom is -0.481 e. The fourth-order valence-corrected chi connectivity index (χ4v) is 1.75. The number of hydrogen-bond acceptors (Lipinski definition) is 2. The van der Waals surface area contributed by atoms with Crippen LogP contribution in [0.25, 0.3) is 0 Å². The Bertz CT molecular complexity index is 396. The third-order valence-electron chi connectivity index (χ3n) is 2.34. The largest absolute Gasteiger partial charge is 0.481 e. The van der Waals surface area contributed by atoms with Gasteiger partial charge in [0, 0.05) is 5.92 Å². The molecule has 2 unspecified atom stereocenters. The van der Waals surface area contributed by atoms with Gasteiger partial charge in [0.25, 0.3) is 0 Å². The molecule has 0 aliphatic heterocycles. The van der Waals surface area contributed by atoms with Crippen LogP contribution in [0.2, 0.25) is 5.15 Å². The first-order chi connectivity index (χ1) is 6.59. The van der Waals surface area contributed by atoms with Gasteiger partial charge in [0.2, 0.25) is 0 Å². The molecule has 1 aliphatic carbocycles. The van der Waals surface area contributed by atoms with Gasteiger partial charge in [-0.2, -0.15) is 0 Å². The van der Waals surface area contributed by atoms with Gasteiger partial charge < -0.3 is 5.11 Å². The molecule has 1 N–H and O–H groups in total. The number of aliphatic carboxylic acids is 1. The summed E-state index contributed by atoms with van der Waals surface area (Å²) in [7, 11) is 0. The highest BCUT2D eigenvalue weighted by Crippen LogP contribution is 2.49. The summed E-state index contributed by atoms with van der Waals surface area (Å²) < 4.78 is 12.8. The number of pyridine rings is 1. The van der Waals surface area contributed by atoms with Gasteiger partial charge in [0.1, 0.15) is 11.0 Å². The number of carboxylic acid groups (broad SMARTS) is 1. The molecular weight excluding hydrogens is 209 g/mol. The third kappa shape index (κ3) is 1.57. The van der Waals surface area contributed by atoms with Gasteiger partial charge in [0.15, 0.2) is 0 Å².